The molecule has 1 N–H and O–H groups in total. The first-order valence-electron chi connectivity index (χ1n) is 6.32. The lowest BCUT2D eigenvalue weighted by molar-refractivity contribution is -0.150. The van der Waals surface area contributed by atoms with Crippen molar-refractivity contribution in [2.24, 2.45) is 0 Å². The Morgan fingerprint density at radius 2 is 2.00 bits per heavy atom. The van der Waals surface area contributed by atoms with E-state index in [2.05, 4.69) is 0 Å². The van der Waals surface area contributed by atoms with E-state index in [1.165, 1.54) is 4.90 Å². The topological polar surface area (TPSA) is 76.1 Å². The van der Waals surface area contributed by atoms with Crippen LogP contribution in [0.25, 0.3) is 0 Å². The Balaban J connectivity index is 2.21. The number of benzene rings is 1. The second-order valence-corrected chi connectivity index (χ2v) is 4.68. The summed E-state index contributed by atoms with van der Waals surface area (Å²) >= 11 is 0. The zero-order valence-electron chi connectivity index (χ0n) is 11.4. The molecule has 1 fully saturated rings. The van der Waals surface area contributed by atoms with Crippen LogP contribution in [0.2, 0.25) is 0 Å². The number of hydrogen-bond acceptors (Lipinski definition) is 4. The molecular formula is C14H17NO5. The van der Waals surface area contributed by atoms with E-state index < -0.39 is 12.0 Å². The predicted molar refractivity (Wildman–Crippen MR) is 70.9 cm³/mol. The van der Waals surface area contributed by atoms with Crippen molar-refractivity contribution in [1.29, 1.82) is 0 Å². The van der Waals surface area contributed by atoms with Crippen LogP contribution < -0.4 is 4.74 Å². The van der Waals surface area contributed by atoms with Gasteiger partial charge in [0.25, 0.3) is 5.91 Å². The summed E-state index contributed by atoms with van der Waals surface area (Å²) in [5, 5.41) is 9.18. The molecule has 1 aromatic rings. The number of carbonyl (C=O) groups excluding carboxylic acids is 1. The number of nitrogens with zero attached hydrogens (tertiary/aromatic N) is 1. The second-order valence-electron chi connectivity index (χ2n) is 4.68. The molecule has 1 amide bonds. The van der Waals surface area contributed by atoms with Gasteiger partial charge in [0.15, 0.2) is 6.04 Å². The van der Waals surface area contributed by atoms with E-state index in [4.69, 9.17) is 9.47 Å². The quantitative estimate of drug-likeness (QED) is 0.893. The third kappa shape index (κ3) is 2.91. The molecule has 1 saturated heterocycles. The first-order chi connectivity index (χ1) is 9.52. The highest BCUT2D eigenvalue weighted by Crippen LogP contribution is 2.18. The fourth-order valence-corrected chi connectivity index (χ4v) is 2.13. The summed E-state index contributed by atoms with van der Waals surface area (Å²) in [4.78, 5) is 25.0. The van der Waals surface area contributed by atoms with Gasteiger partial charge in [-0.15, -0.1) is 0 Å². The third-order valence-electron chi connectivity index (χ3n) is 3.25. The van der Waals surface area contributed by atoms with Gasteiger partial charge in [0.05, 0.1) is 19.8 Å². The SMILES string of the molecule is COc1ccc(C(=O)N2C[C@@H](C)OC[C@H]2C(=O)O)cc1. The molecule has 0 unspecified atom stereocenters. The molecule has 0 saturated carbocycles. The fourth-order valence-electron chi connectivity index (χ4n) is 2.13. The van der Waals surface area contributed by atoms with E-state index in [0.717, 1.165) is 0 Å². The number of aliphatic carboxylic acids is 1. The van der Waals surface area contributed by atoms with Crippen LogP contribution in [0, 0.1) is 0 Å². The monoisotopic (exact) mass is 279 g/mol. The van der Waals surface area contributed by atoms with Crippen LogP contribution in [0.15, 0.2) is 24.3 Å². The zero-order chi connectivity index (χ0) is 14.7. The minimum absolute atomic E-state index is 0.0123. The van der Waals surface area contributed by atoms with Gasteiger partial charge in [0.1, 0.15) is 5.75 Å². The Morgan fingerprint density at radius 1 is 1.35 bits per heavy atom. The number of carboxylic acids is 1. The van der Waals surface area contributed by atoms with E-state index in [0.29, 0.717) is 11.3 Å². The molecule has 1 heterocycles. The molecular weight excluding hydrogens is 262 g/mol. The minimum atomic E-state index is -1.06. The first kappa shape index (κ1) is 14.3. The Labute approximate surface area is 116 Å². The Bertz CT molecular complexity index is 499. The van der Waals surface area contributed by atoms with Crippen molar-refractivity contribution < 1.29 is 24.2 Å². The van der Waals surface area contributed by atoms with E-state index in [9.17, 15) is 14.7 Å². The maximum atomic E-state index is 12.4. The van der Waals surface area contributed by atoms with Crippen LogP contribution >= 0.6 is 0 Å². The molecule has 0 aliphatic carbocycles. The van der Waals surface area contributed by atoms with Gasteiger partial charge in [-0.1, -0.05) is 0 Å². The van der Waals surface area contributed by atoms with Crippen LogP contribution in [0.5, 0.6) is 5.75 Å². The average molecular weight is 279 g/mol. The molecule has 0 spiro atoms. The third-order valence-corrected chi connectivity index (χ3v) is 3.25. The number of ether oxygens (including phenoxy) is 2. The highest BCUT2D eigenvalue weighted by molar-refractivity contribution is 5.96. The molecule has 0 aromatic heterocycles. The Kier molecular flexibility index (Phi) is 4.24. The highest BCUT2D eigenvalue weighted by Gasteiger charge is 2.35. The van der Waals surface area contributed by atoms with Gasteiger partial charge < -0.3 is 19.5 Å². The molecule has 0 radical (unpaired) electrons. The van der Waals surface area contributed by atoms with Crippen molar-refractivity contribution in [3.05, 3.63) is 29.8 Å². The van der Waals surface area contributed by atoms with Gasteiger partial charge in [-0.25, -0.2) is 4.79 Å². The average Bonchev–Trinajstić information content (AvgIpc) is 2.46. The maximum absolute atomic E-state index is 12.4. The van der Waals surface area contributed by atoms with Gasteiger partial charge in [0, 0.05) is 12.1 Å². The largest absolute Gasteiger partial charge is 0.497 e. The number of carboxylic acid groups (broad SMARTS) is 1. The molecule has 1 aliphatic rings. The molecule has 2 atom stereocenters. The Morgan fingerprint density at radius 3 is 2.55 bits per heavy atom. The summed E-state index contributed by atoms with van der Waals surface area (Å²) < 4.78 is 10.3. The van der Waals surface area contributed by atoms with Crippen LogP contribution in [-0.2, 0) is 9.53 Å². The summed E-state index contributed by atoms with van der Waals surface area (Å²) in [6, 6.07) is 5.65. The fraction of sp³-hybridized carbons (Fsp3) is 0.429. The summed E-state index contributed by atoms with van der Waals surface area (Å²) in [5.74, 6) is -0.722. The highest BCUT2D eigenvalue weighted by atomic mass is 16.5. The minimum Gasteiger partial charge on any atom is -0.497 e. The lowest BCUT2D eigenvalue weighted by atomic mass is 10.1. The number of morpholine rings is 1. The van der Waals surface area contributed by atoms with Gasteiger partial charge >= 0.3 is 5.97 Å². The van der Waals surface area contributed by atoms with Crippen LogP contribution in [0.3, 0.4) is 0 Å². The zero-order valence-corrected chi connectivity index (χ0v) is 11.4. The molecule has 6 nitrogen and oxygen atoms in total. The number of methoxy groups -OCH3 is 1. The molecule has 1 aromatic carbocycles. The summed E-state index contributed by atoms with van der Waals surface area (Å²) in [6.07, 6.45) is -0.173. The van der Waals surface area contributed by atoms with E-state index in [-0.39, 0.29) is 25.2 Å². The van der Waals surface area contributed by atoms with Crippen LogP contribution in [0.1, 0.15) is 17.3 Å². The molecule has 108 valence electrons. The van der Waals surface area contributed by atoms with Crippen LogP contribution in [0.4, 0.5) is 0 Å². The van der Waals surface area contributed by atoms with Gasteiger partial charge in [-0.2, -0.15) is 0 Å². The molecule has 6 heteroatoms. The molecule has 20 heavy (non-hydrogen) atoms. The van der Waals surface area contributed by atoms with E-state index in [1.807, 2.05) is 6.92 Å². The van der Waals surface area contributed by atoms with Crippen molar-refractivity contribution in [2.75, 3.05) is 20.3 Å². The van der Waals surface area contributed by atoms with Gasteiger partial charge in [-0.3, -0.25) is 4.79 Å². The summed E-state index contributed by atoms with van der Waals surface area (Å²) in [7, 11) is 1.54. The summed E-state index contributed by atoms with van der Waals surface area (Å²) in [6.45, 7) is 2.09. The second kappa shape index (κ2) is 5.92. The summed E-state index contributed by atoms with van der Waals surface area (Å²) in [5.41, 5.74) is 0.436. The van der Waals surface area contributed by atoms with Gasteiger partial charge in [-0.05, 0) is 31.2 Å². The normalized spacial score (nSPS) is 22.4. The van der Waals surface area contributed by atoms with Crippen molar-refractivity contribution in [3.63, 3.8) is 0 Å². The molecule has 1 aliphatic heterocycles. The first-order valence-corrected chi connectivity index (χ1v) is 6.32. The lowest BCUT2D eigenvalue weighted by Gasteiger charge is -2.36. The van der Waals surface area contributed by atoms with E-state index in [1.54, 1.807) is 31.4 Å². The van der Waals surface area contributed by atoms with Crippen LogP contribution in [-0.4, -0.2) is 54.3 Å². The van der Waals surface area contributed by atoms with Crippen molar-refractivity contribution in [2.45, 2.75) is 19.1 Å². The molecule has 2 rings (SSSR count). The van der Waals surface area contributed by atoms with Crippen molar-refractivity contribution in [3.8, 4) is 5.75 Å². The molecule has 0 bridgehead atoms. The smallest absolute Gasteiger partial charge is 0.328 e. The number of carbonyl (C=O) groups is 2. The maximum Gasteiger partial charge on any atom is 0.328 e. The van der Waals surface area contributed by atoms with Crippen molar-refractivity contribution >= 4 is 11.9 Å². The Hall–Kier alpha value is -2.08. The number of rotatable bonds is 3. The standard InChI is InChI=1S/C14H17NO5/c1-9-7-15(12(8-20-9)14(17)18)13(16)10-3-5-11(19-2)6-4-10/h3-6,9,12H,7-8H2,1-2H3,(H,17,18)/t9-,12+/m1/s1. The number of hydrogen-bond donors (Lipinski definition) is 1. The lowest BCUT2D eigenvalue weighted by Crippen LogP contribution is -2.55. The van der Waals surface area contributed by atoms with Gasteiger partial charge in [0.2, 0.25) is 0 Å². The predicted octanol–water partition coefficient (Wildman–Crippen LogP) is 1.01. The van der Waals surface area contributed by atoms with Crippen molar-refractivity contribution in [1.82, 2.24) is 4.90 Å². The number of amides is 1. The van der Waals surface area contributed by atoms with E-state index >= 15 is 0 Å².